The smallest absolute Gasteiger partial charge is 0.214 e. The summed E-state index contributed by atoms with van der Waals surface area (Å²) in [6.07, 6.45) is 1.72. The van der Waals surface area contributed by atoms with Crippen LogP contribution < -0.4 is 5.73 Å². The summed E-state index contributed by atoms with van der Waals surface area (Å²) in [5, 5.41) is 0. The minimum atomic E-state index is -0.306. The molecule has 2 nitrogen and oxygen atoms in total. The van der Waals surface area contributed by atoms with Crippen LogP contribution in [0.2, 0.25) is 0 Å². The fourth-order valence-corrected chi connectivity index (χ4v) is 0.653. The van der Waals surface area contributed by atoms with Crippen LogP contribution in [-0.4, -0.2) is 10.7 Å². The van der Waals surface area contributed by atoms with Gasteiger partial charge in [-0.15, -0.1) is 0 Å². The van der Waals surface area contributed by atoms with Crippen LogP contribution in [0.5, 0.6) is 0 Å². The lowest BCUT2D eigenvalue weighted by Gasteiger charge is -2.00. The van der Waals surface area contributed by atoms with Crippen LogP contribution in [0, 0.1) is 0 Å². The van der Waals surface area contributed by atoms with Crippen LogP contribution in [0.3, 0.4) is 0 Å². The van der Waals surface area contributed by atoms with E-state index < -0.39 is 0 Å². The van der Waals surface area contributed by atoms with E-state index in [0.29, 0.717) is 0 Å². The van der Waals surface area contributed by atoms with Crippen molar-refractivity contribution in [2.24, 2.45) is 5.73 Å². The Kier molecular flexibility index (Phi) is 4.09. The quantitative estimate of drug-likeness (QED) is 0.659. The highest BCUT2D eigenvalue weighted by Gasteiger charge is 2.06. The van der Waals surface area contributed by atoms with Gasteiger partial charge in [0.1, 0.15) is 0 Å². The maximum Gasteiger partial charge on any atom is 0.214 e. The first-order valence-corrected chi connectivity index (χ1v) is 3.42. The number of halogens is 1. The van der Waals surface area contributed by atoms with Crippen LogP contribution in [0.15, 0.2) is 0 Å². The van der Waals surface area contributed by atoms with E-state index in [-0.39, 0.29) is 10.7 Å². The van der Waals surface area contributed by atoms with E-state index in [0.717, 1.165) is 12.8 Å². The van der Waals surface area contributed by atoms with Crippen molar-refractivity contribution in [2.75, 3.05) is 0 Å². The highest BCUT2D eigenvalue weighted by Crippen LogP contribution is 1.98. The number of hydrogen-bond donors (Lipinski definition) is 1. The molecule has 0 fully saturated rings. The van der Waals surface area contributed by atoms with Gasteiger partial charge in [0, 0.05) is 0 Å². The van der Waals surface area contributed by atoms with Crippen LogP contribution in [0.25, 0.3) is 0 Å². The van der Waals surface area contributed by atoms with E-state index in [9.17, 15) is 4.79 Å². The van der Waals surface area contributed by atoms with Gasteiger partial charge < -0.3 is 5.73 Å². The molecule has 0 heterocycles. The molecule has 0 unspecified atom stereocenters. The highest BCUT2D eigenvalue weighted by molar-refractivity contribution is 9.18. The second kappa shape index (κ2) is 4.04. The van der Waals surface area contributed by atoms with Crippen molar-refractivity contribution in [3.05, 3.63) is 0 Å². The van der Waals surface area contributed by atoms with Gasteiger partial charge in [0.15, 0.2) is 0 Å². The normalized spacial score (nSPS) is 13.4. The molecule has 0 saturated heterocycles. The molecule has 8 heavy (non-hydrogen) atoms. The van der Waals surface area contributed by atoms with E-state index in [4.69, 9.17) is 5.73 Å². The number of nitrogens with two attached hydrogens (primary N) is 1. The summed E-state index contributed by atoms with van der Waals surface area (Å²) < 4.78 is -0.0978. The first kappa shape index (κ1) is 8.11. The van der Waals surface area contributed by atoms with Gasteiger partial charge in [-0.25, -0.2) is 0 Å². The molecule has 0 aliphatic rings. The van der Waals surface area contributed by atoms with Crippen molar-refractivity contribution in [3.63, 3.8) is 0 Å². The van der Waals surface area contributed by atoms with Gasteiger partial charge >= 0.3 is 0 Å². The third-order valence-electron chi connectivity index (χ3n) is 0.891. The van der Waals surface area contributed by atoms with Crippen LogP contribution in [-0.2, 0) is 4.79 Å². The lowest BCUT2D eigenvalue weighted by Crippen LogP contribution is -2.25. The number of carbonyl (C=O) groups is 1. The monoisotopic (exact) mass is 179 g/mol. The third kappa shape index (κ3) is 3.16. The average Bonchev–Trinajstić information content (AvgIpc) is 1.67. The molecule has 0 spiro atoms. The van der Waals surface area contributed by atoms with Crippen LogP contribution >= 0.6 is 15.9 Å². The predicted octanol–water partition coefficient (Wildman–Crippen LogP) is 1.04. The Bertz CT molecular complexity index is 84.5. The summed E-state index contributed by atoms with van der Waals surface area (Å²) in [4.78, 5) is 10.3. The summed E-state index contributed by atoms with van der Waals surface area (Å²) >= 11 is 2.78. The van der Waals surface area contributed by atoms with Crippen LogP contribution in [0.4, 0.5) is 0 Å². The first-order valence-electron chi connectivity index (χ1n) is 2.63. The Morgan fingerprint density at radius 2 is 2.38 bits per heavy atom. The molecule has 0 bridgehead atoms. The standard InChI is InChI=1S/C5H10BrNO/c1-2-3-4(7)5(6)8/h4H,2-3,7H2,1H3/t4-/m0/s1. The third-order valence-corrected chi connectivity index (χ3v) is 1.48. The van der Waals surface area contributed by atoms with Crippen molar-refractivity contribution in [1.82, 2.24) is 0 Å². The maximum absolute atomic E-state index is 10.3. The van der Waals surface area contributed by atoms with E-state index in [1.807, 2.05) is 6.92 Å². The Morgan fingerprint density at radius 3 is 2.50 bits per heavy atom. The SMILES string of the molecule is CCC[C@H](N)C(=O)Br. The van der Waals surface area contributed by atoms with Gasteiger partial charge in [-0.3, -0.25) is 4.79 Å². The van der Waals surface area contributed by atoms with Gasteiger partial charge in [-0.2, -0.15) is 0 Å². The average molecular weight is 180 g/mol. The first-order chi connectivity index (χ1) is 3.68. The topological polar surface area (TPSA) is 43.1 Å². The van der Waals surface area contributed by atoms with E-state index >= 15 is 0 Å². The van der Waals surface area contributed by atoms with Crippen molar-refractivity contribution < 1.29 is 4.79 Å². The predicted molar refractivity (Wildman–Crippen MR) is 36.8 cm³/mol. The second-order valence-electron chi connectivity index (χ2n) is 1.70. The molecule has 0 saturated carbocycles. The molecule has 0 aromatic rings. The maximum atomic E-state index is 10.3. The molecule has 0 radical (unpaired) electrons. The molecule has 0 aliphatic carbocycles. The van der Waals surface area contributed by atoms with Crippen molar-refractivity contribution in [2.45, 2.75) is 25.8 Å². The van der Waals surface area contributed by atoms with Gasteiger partial charge in [0.25, 0.3) is 0 Å². The molecule has 48 valence electrons. The Hall–Kier alpha value is 0.110. The van der Waals surface area contributed by atoms with Gasteiger partial charge in [-0.05, 0) is 22.4 Å². The summed E-state index contributed by atoms with van der Waals surface area (Å²) in [6, 6.07) is -0.306. The number of rotatable bonds is 3. The summed E-state index contributed by atoms with van der Waals surface area (Å²) in [6.45, 7) is 2.00. The van der Waals surface area contributed by atoms with E-state index in [1.165, 1.54) is 0 Å². The largest absolute Gasteiger partial charge is 0.321 e. The molecule has 0 aliphatic heterocycles. The fraction of sp³-hybridized carbons (Fsp3) is 0.800. The van der Waals surface area contributed by atoms with Crippen molar-refractivity contribution in [3.8, 4) is 0 Å². The van der Waals surface area contributed by atoms with Crippen LogP contribution in [0.1, 0.15) is 19.8 Å². The van der Waals surface area contributed by atoms with Gasteiger partial charge in [0.05, 0.1) is 6.04 Å². The Morgan fingerprint density at radius 1 is 1.88 bits per heavy atom. The molecule has 0 aromatic carbocycles. The highest BCUT2D eigenvalue weighted by atomic mass is 79.9. The Labute approximate surface area is 57.6 Å². The molecular formula is C5H10BrNO. The number of hydrogen-bond acceptors (Lipinski definition) is 2. The lowest BCUT2D eigenvalue weighted by atomic mass is 10.2. The minimum absolute atomic E-state index is 0.0978. The van der Waals surface area contributed by atoms with Crippen molar-refractivity contribution in [1.29, 1.82) is 0 Å². The summed E-state index contributed by atoms with van der Waals surface area (Å²) in [5.74, 6) is 0. The molecule has 3 heteroatoms. The lowest BCUT2D eigenvalue weighted by molar-refractivity contribution is -0.111. The minimum Gasteiger partial charge on any atom is -0.321 e. The van der Waals surface area contributed by atoms with Gasteiger partial charge in [0.2, 0.25) is 4.69 Å². The molecule has 2 N–H and O–H groups in total. The second-order valence-corrected chi connectivity index (χ2v) is 2.48. The molecule has 0 amide bonds. The Balaban J connectivity index is 3.32. The zero-order valence-corrected chi connectivity index (χ0v) is 6.44. The van der Waals surface area contributed by atoms with E-state index in [1.54, 1.807) is 0 Å². The zero-order chi connectivity index (χ0) is 6.57. The van der Waals surface area contributed by atoms with Crippen molar-refractivity contribution >= 4 is 20.6 Å². The fourth-order valence-electron chi connectivity index (χ4n) is 0.424. The zero-order valence-electron chi connectivity index (χ0n) is 4.86. The van der Waals surface area contributed by atoms with E-state index in [2.05, 4.69) is 15.9 Å². The van der Waals surface area contributed by atoms with Gasteiger partial charge in [-0.1, -0.05) is 13.3 Å². The summed E-state index contributed by atoms with van der Waals surface area (Å²) in [7, 11) is 0. The molecule has 0 aromatic heterocycles. The molecule has 0 rings (SSSR count). The molecular weight excluding hydrogens is 170 g/mol. The summed E-state index contributed by atoms with van der Waals surface area (Å²) in [5.41, 5.74) is 5.33. The number of carbonyl (C=O) groups excluding carboxylic acids is 1. The molecule has 1 atom stereocenters.